The van der Waals surface area contributed by atoms with Crippen LogP contribution in [0.4, 0.5) is 0 Å². The van der Waals surface area contributed by atoms with Crippen molar-refractivity contribution in [2.75, 3.05) is 0 Å². The molecule has 0 N–H and O–H groups in total. The molecule has 0 spiro atoms. The third kappa shape index (κ3) is 6.07. The lowest BCUT2D eigenvalue weighted by molar-refractivity contribution is 0.265. The zero-order valence-electron chi connectivity index (χ0n) is 32.1. The van der Waals surface area contributed by atoms with E-state index >= 15 is 0 Å². The molecule has 2 aromatic heterocycles. The Hall–Kier alpha value is -7.11. The highest BCUT2D eigenvalue weighted by atomic mass is 15.3. The Morgan fingerprint density at radius 2 is 1.19 bits per heavy atom. The Bertz CT molecular complexity index is 2890. The third-order valence-electron chi connectivity index (χ3n) is 12.0. The minimum absolute atomic E-state index is 0.0236. The standard InChI is InChI=1S/C53H41N5/c1-5-17-36(18-6-1)44-33-47(37-19-7-2-8-20-37)53-55-51(56-57(53)35-44)43-28-16-26-41(32-43)40-25-15-27-42(31-40)50-46-30-14-13-29-45(46)49-34-48(38-21-9-3-10-22-38)54-52(58(49)50)39-23-11-4-12-24-39/h1-2,4-9,11-33,35,48-50H,3,10,34H2. The second kappa shape index (κ2) is 14.4. The van der Waals surface area contributed by atoms with Crippen molar-refractivity contribution < 1.29 is 0 Å². The molecule has 3 unspecified atom stereocenters. The molecule has 0 radical (unpaired) electrons. The highest BCUT2D eigenvalue weighted by Gasteiger charge is 2.45. The first-order valence-corrected chi connectivity index (χ1v) is 20.3. The zero-order chi connectivity index (χ0) is 38.4. The van der Waals surface area contributed by atoms with Gasteiger partial charge in [-0.25, -0.2) is 9.50 Å². The van der Waals surface area contributed by atoms with Crippen molar-refractivity contribution in [1.82, 2.24) is 19.5 Å². The molecule has 0 amide bonds. The van der Waals surface area contributed by atoms with Crippen molar-refractivity contribution in [2.45, 2.75) is 37.4 Å². The second-order valence-electron chi connectivity index (χ2n) is 15.5. The number of hydrogen-bond acceptors (Lipinski definition) is 4. The molecule has 278 valence electrons. The SMILES string of the molecule is C1=CC(C2CC3c4ccccc4C(c4cccc(-c5cccc(-c6nc7c(-c8ccccc8)cc(-c8ccccc8)cn7n6)c5)c4)N3C(c3ccccc3)=N2)=CCC1. The van der Waals surface area contributed by atoms with E-state index in [1.165, 1.54) is 22.3 Å². The van der Waals surface area contributed by atoms with E-state index in [1.807, 2.05) is 16.6 Å². The topological polar surface area (TPSA) is 45.8 Å². The van der Waals surface area contributed by atoms with Gasteiger partial charge in [0, 0.05) is 28.5 Å². The van der Waals surface area contributed by atoms with Gasteiger partial charge in [-0.1, -0.05) is 170 Å². The first-order valence-electron chi connectivity index (χ1n) is 20.3. The van der Waals surface area contributed by atoms with Gasteiger partial charge in [-0.3, -0.25) is 4.99 Å². The molecule has 6 aromatic carbocycles. The van der Waals surface area contributed by atoms with Gasteiger partial charge in [0.1, 0.15) is 5.84 Å². The highest BCUT2D eigenvalue weighted by molar-refractivity contribution is 6.01. The fourth-order valence-corrected chi connectivity index (χ4v) is 9.23. The molecule has 0 saturated carbocycles. The average molecular weight is 748 g/mol. The summed E-state index contributed by atoms with van der Waals surface area (Å²) in [5, 5.41) is 5.10. The number of allylic oxidation sites excluding steroid dienone is 2. The van der Waals surface area contributed by atoms with E-state index in [0.29, 0.717) is 5.82 Å². The van der Waals surface area contributed by atoms with Crippen LogP contribution in [0.5, 0.6) is 0 Å². The zero-order valence-corrected chi connectivity index (χ0v) is 32.1. The van der Waals surface area contributed by atoms with E-state index in [9.17, 15) is 0 Å². The number of fused-ring (bicyclic) bond motifs is 4. The lowest BCUT2D eigenvalue weighted by Crippen LogP contribution is -2.40. The number of hydrogen-bond donors (Lipinski definition) is 0. The Morgan fingerprint density at radius 1 is 0.534 bits per heavy atom. The molecule has 0 bridgehead atoms. The highest BCUT2D eigenvalue weighted by Crippen LogP contribution is 2.51. The van der Waals surface area contributed by atoms with Crippen LogP contribution in [-0.4, -0.2) is 31.4 Å². The summed E-state index contributed by atoms with van der Waals surface area (Å²) in [4.78, 5) is 13.4. The molecule has 5 nitrogen and oxygen atoms in total. The van der Waals surface area contributed by atoms with E-state index in [2.05, 4.69) is 187 Å². The fourth-order valence-electron chi connectivity index (χ4n) is 9.23. The molecular weight excluding hydrogens is 707 g/mol. The minimum Gasteiger partial charge on any atom is -0.338 e. The van der Waals surface area contributed by atoms with E-state index in [4.69, 9.17) is 15.1 Å². The van der Waals surface area contributed by atoms with Crippen LogP contribution in [0.3, 0.4) is 0 Å². The molecule has 58 heavy (non-hydrogen) atoms. The Balaban J connectivity index is 0.991. The number of nitrogens with zero attached hydrogens (tertiary/aromatic N) is 5. The summed E-state index contributed by atoms with van der Waals surface area (Å²) < 4.78 is 1.94. The molecule has 8 aromatic rings. The summed E-state index contributed by atoms with van der Waals surface area (Å²) in [5.41, 5.74) is 15.0. The van der Waals surface area contributed by atoms with Crippen molar-refractivity contribution in [3.63, 3.8) is 0 Å². The average Bonchev–Trinajstić information content (AvgIpc) is 3.90. The number of aromatic nitrogens is 3. The van der Waals surface area contributed by atoms with Gasteiger partial charge >= 0.3 is 0 Å². The van der Waals surface area contributed by atoms with Crippen molar-refractivity contribution in [1.29, 1.82) is 0 Å². The molecule has 3 atom stereocenters. The largest absolute Gasteiger partial charge is 0.338 e. The van der Waals surface area contributed by atoms with Crippen LogP contribution in [0.25, 0.3) is 50.4 Å². The van der Waals surface area contributed by atoms with Crippen LogP contribution in [0.1, 0.15) is 53.6 Å². The molecule has 11 rings (SSSR count). The smallest absolute Gasteiger partial charge is 0.182 e. The maximum absolute atomic E-state index is 5.58. The van der Waals surface area contributed by atoms with Gasteiger partial charge in [0.2, 0.25) is 0 Å². The maximum Gasteiger partial charge on any atom is 0.182 e. The molecule has 0 fully saturated rings. The van der Waals surface area contributed by atoms with Gasteiger partial charge in [0.25, 0.3) is 0 Å². The summed E-state index contributed by atoms with van der Waals surface area (Å²) in [7, 11) is 0. The fraction of sp³-hybridized carbons (Fsp3) is 0.113. The van der Waals surface area contributed by atoms with Gasteiger partial charge in [0.15, 0.2) is 11.5 Å². The number of amidine groups is 1. The van der Waals surface area contributed by atoms with Crippen LogP contribution < -0.4 is 0 Å². The van der Waals surface area contributed by atoms with Gasteiger partial charge in [-0.15, -0.1) is 5.10 Å². The number of aliphatic imine (C=N–C) groups is 1. The lowest BCUT2D eigenvalue weighted by atomic mass is 9.90. The van der Waals surface area contributed by atoms with Crippen LogP contribution in [0.15, 0.2) is 205 Å². The molecule has 0 saturated heterocycles. The van der Waals surface area contributed by atoms with Gasteiger partial charge in [0.05, 0.1) is 18.1 Å². The Kier molecular flexibility index (Phi) is 8.50. The van der Waals surface area contributed by atoms with Crippen LogP contribution in [0.2, 0.25) is 0 Å². The summed E-state index contributed by atoms with van der Waals surface area (Å²) >= 11 is 0. The van der Waals surface area contributed by atoms with Gasteiger partial charge in [-0.05, 0) is 82.0 Å². The second-order valence-corrected chi connectivity index (χ2v) is 15.5. The first kappa shape index (κ1) is 34.2. The summed E-state index contributed by atoms with van der Waals surface area (Å²) in [6.07, 6.45) is 12.2. The van der Waals surface area contributed by atoms with Crippen LogP contribution in [0, 0.1) is 0 Å². The molecule has 4 heterocycles. The minimum atomic E-state index is 0.0236. The van der Waals surface area contributed by atoms with E-state index in [-0.39, 0.29) is 18.1 Å². The first-order chi connectivity index (χ1) is 28.7. The van der Waals surface area contributed by atoms with Crippen LogP contribution in [-0.2, 0) is 0 Å². The third-order valence-corrected chi connectivity index (χ3v) is 12.0. The van der Waals surface area contributed by atoms with Crippen molar-refractivity contribution in [3.8, 4) is 44.8 Å². The summed E-state index contributed by atoms with van der Waals surface area (Å²) in [5.74, 6) is 1.76. The number of benzene rings is 6. The number of rotatable bonds is 7. The predicted octanol–water partition coefficient (Wildman–Crippen LogP) is 12.3. The predicted molar refractivity (Wildman–Crippen MR) is 235 cm³/mol. The normalized spacial score (nSPS) is 18.4. The maximum atomic E-state index is 5.58. The van der Waals surface area contributed by atoms with Crippen LogP contribution >= 0.6 is 0 Å². The van der Waals surface area contributed by atoms with Gasteiger partial charge < -0.3 is 4.90 Å². The Labute approximate surface area is 339 Å². The molecular formula is C53H41N5. The lowest BCUT2D eigenvalue weighted by Gasteiger charge is -2.40. The van der Waals surface area contributed by atoms with Gasteiger partial charge in [-0.2, -0.15) is 0 Å². The van der Waals surface area contributed by atoms with E-state index < -0.39 is 0 Å². The van der Waals surface area contributed by atoms with E-state index in [0.717, 1.165) is 75.3 Å². The van der Waals surface area contributed by atoms with E-state index in [1.54, 1.807) is 0 Å². The molecule has 2 aliphatic heterocycles. The molecule has 1 aliphatic carbocycles. The summed E-state index contributed by atoms with van der Waals surface area (Å²) in [6, 6.07) is 61.1. The van der Waals surface area contributed by atoms with Crippen molar-refractivity contribution >= 4 is 11.5 Å². The molecule has 3 aliphatic rings. The summed E-state index contributed by atoms with van der Waals surface area (Å²) in [6.45, 7) is 0. The Morgan fingerprint density at radius 3 is 1.95 bits per heavy atom. The quantitative estimate of drug-likeness (QED) is 0.163. The van der Waals surface area contributed by atoms with Crippen molar-refractivity contribution in [2.24, 2.45) is 4.99 Å². The van der Waals surface area contributed by atoms with Crippen molar-refractivity contribution in [3.05, 3.63) is 222 Å². The monoisotopic (exact) mass is 747 g/mol. The molecule has 5 heteroatoms. The number of pyridine rings is 1.